The Morgan fingerprint density at radius 2 is 1.50 bits per heavy atom. The fraction of sp³-hybridized carbons (Fsp3) is 0.419. The van der Waals surface area contributed by atoms with Gasteiger partial charge in [-0.25, -0.2) is 9.97 Å². The molecule has 0 fully saturated rings. The maximum Gasteiger partial charge on any atom is 0.159 e. The summed E-state index contributed by atoms with van der Waals surface area (Å²) in [5.74, 6) is 2.45. The molecule has 0 aliphatic heterocycles. The number of hydrogen-bond acceptors (Lipinski definition) is 3. The fourth-order valence-electron chi connectivity index (χ4n) is 3.89. The van der Waals surface area contributed by atoms with Crippen LogP contribution in [0.25, 0.3) is 22.5 Å². The van der Waals surface area contributed by atoms with Gasteiger partial charge >= 0.3 is 0 Å². The third-order valence-electron chi connectivity index (χ3n) is 6.35. The van der Waals surface area contributed by atoms with E-state index in [0.29, 0.717) is 0 Å². The third-order valence-corrected chi connectivity index (χ3v) is 6.35. The van der Waals surface area contributed by atoms with Crippen LogP contribution in [0.15, 0.2) is 73.1 Å². The molecular weight excluding hydrogens is 416 g/mol. The van der Waals surface area contributed by atoms with E-state index in [4.69, 9.17) is 4.74 Å². The normalized spacial score (nSPS) is 12.2. The summed E-state index contributed by atoms with van der Waals surface area (Å²) in [6.45, 7) is 7.52. The summed E-state index contributed by atoms with van der Waals surface area (Å²) in [6, 6.07) is 16.9. The molecule has 0 unspecified atom stereocenters. The number of allylic oxidation sites excluding steroid dienone is 2. The highest BCUT2D eigenvalue weighted by Gasteiger charge is 2.05. The molecule has 0 radical (unpaired) electrons. The van der Waals surface area contributed by atoms with Gasteiger partial charge < -0.3 is 4.74 Å². The van der Waals surface area contributed by atoms with E-state index in [0.717, 1.165) is 72.9 Å². The van der Waals surface area contributed by atoms with Crippen molar-refractivity contribution < 1.29 is 4.74 Å². The molecule has 1 aromatic heterocycles. The van der Waals surface area contributed by atoms with Crippen molar-refractivity contribution in [1.82, 2.24) is 9.97 Å². The van der Waals surface area contributed by atoms with Gasteiger partial charge in [0.25, 0.3) is 0 Å². The summed E-state index contributed by atoms with van der Waals surface area (Å²) in [4.78, 5) is 9.22. The first-order valence-electron chi connectivity index (χ1n) is 13.0. The van der Waals surface area contributed by atoms with Crippen molar-refractivity contribution in [3.8, 4) is 28.3 Å². The lowest BCUT2D eigenvalue weighted by molar-refractivity contribution is 0.307. The molecule has 3 nitrogen and oxygen atoms in total. The van der Waals surface area contributed by atoms with E-state index in [1.165, 1.54) is 24.8 Å². The number of aryl methyl sites for hydroxylation is 1. The lowest BCUT2D eigenvalue weighted by Gasteiger charge is -2.09. The van der Waals surface area contributed by atoms with Crippen molar-refractivity contribution in [3.63, 3.8) is 0 Å². The number of ether oxygens (including phenoxy) is 1. The van der Waals surface area contributed by atoms with Gasteiger partial charge in [0.1, 0.15) is 5.75 Å². The number of hydrogen-bond donors (Lipinski definition) is 0. The average Bonchev–Trinajstić information content (AvgIpc) is 2.89. The molecule has 0 saturated carbocycles. The largest absolute Gasteiger partial charge is 0.494 e. The molecule has 2 aromatic carbocycles. The Morgan fingerprint density at radius 1 is 0.794 bits per heavy atom. The highest BCUT2D eigenvalue weighted by atomic mass is 16.5. The van der Waals surface area contributed by atoms with Crippen LogP contribution >= 0.6 is 0 Å². The Labute approximate surface area is 206 Å². The van der Waals surface area contributed by atoms with Gasteiger partial charge in [-0.15, -0.1) is 0 Å². The summed E-state index contributed by atoms with van der Waals surface area (Å²) in [6.07, 6.45) is 17.8. The average molecular weight is 457 g/mol. The predicted molar refractivity (Wildman–Crippen MR) is 144 cm³/mol. The summed E-state index contributed by atoms with van der Waals surface area (Å²) in [5, 5.41) is 0. The molecule has 3 aromatic rings. The molecule has 34 heavy (non-hydrogen) atoms. The second kappa shape index (κ2) is 14.3. The topological polar surface area (TPSA) is 35.0 Å². The predicted octanol–water partition coefficient (Wildman–Crippen LogP) is 8.69. The molecule has 0 aliphatic carbocycles. The van der Waals surface area contributed by atoms with E-state index in [9.17, 15) is 0 Å². The van der Waals surface area contributed by atoms with Crippen LogP contribution in [-0.2, 0) is 6.42 Å². The van der Waals surface area contributed by atoms with Gasteiger partial charge in [0, 0.05) is 23.5 Å². The van der Waals surface area contributed by atoms with Gasteiger partial charge in [-0.3, -0.25) is 0 Å². The van der Waals surface area contributed by atoms with Gasteiger partial charge in [0.15, 0.2) is 5.82 Å². The van der Waals surface area contributed by atoms with Gasteiger partial charge in [-0.05, 0) is 79.8 Å². The number of rotatable bonds is 14. The van der Waals surface area contributed by atoms with E-state index in [2.05, 4.69) is 67.2 Å². The molecule has 1 atom stereocenters. The highest BCUT2D eigenvalue weighted by Crippen LogP contribution is 2.23. The lowest BCUT2D eigenvalue weighted by atomic mass is 9.98. The first kappa shape index (κ1) is 25.7. The van der Waals surface area contributed by atoms with Crippen LogP contribution < -0.4 is 4.74 Å². The zero-order valence-electron chi connectivity index (χ0n) is 21.2. The van der Waals surface area contributed by atoms with Crippen molar-refractivity contribution in [2.75, 3.05) is 6.61 Å². The van der Waals surface area contributed by atoms with Crippen LogP contribution in [0.2, 0.25) is 0 Å². The SMILES string of the molecule is CC/C=C\CCCCOc1ccc(-c2ncc(-c3ccc(CCC[C@@H](C)CC)cc3)cn2)cc1. The van der Waals surface area contributed by atoms with Gasteiger partial charge in [-0.1, -0.05) is 70.0 Å². The maximum atomic E-state index is 5.87. The first-order chi connectivity index (χ1) is 16.7. The minimum absolute atomic E-state index is 0.736. The molecule has 0 saturated heterocycles. The van der Waals surface area contributed by atoms with Gasteiger partial charge in [0.05, 0.1) is 6.61 Å². The number of unbranched alkanes of at least 4 members (excludes halogenated alkanes) is 2. The zero-order valence-corrected chi connectivity index (χ0v) is 21.2. The number of benzene rings is 2. The van der Waals surface area contributed by atoms with Crippen LogP contribution in [0.1, 0.15) is 71.3 Å². The smallest absolute Gasteiger partial charge is 0.159 e. The van der Waals surface area contributed by atoms with E-state index in [-0.39, 0.29) is 0 Å². The molecule has 0 aliphatic rings. The van der Waals surface area contributed by atoms with Crippen molar-refractivity contribution in [3.05, 3.63) is 78.6 Å². The number of nitrogens with zero attached hydrogens (tertiary/aromatic N) is 2. The lowest BCUT2D eigenvalue weighted by Crippen LogP contribution is -1.97. The molecule has 180 valence electrons. The van der Waals surface area contributed by atoms with E-state index < -0.39 is 0 Å². The van der Waals surface area contributed by atoms with Gasteiger partial charge in [0.2, 0.25) is 0 Å². The molecule has 3 heteroatoms. The summed E-state index contributed by atoms with van der Waals surface area (Å²) in [5.41, 5.74) is 4.61. The molecule has 0 N–H and O–H groups in total. The summed E-state index contributed by atoms with van der Waals surface area (Å²) >= 11 is 0. The Bertz CT molecular complexity index is 975. The second-order valence-corrected chi connectivity index (χ2v) is 9.15. The van der Waals surface area contributed by atoms with E-state index in [1.807, 2.05) is 36.7 Å². The Balaban J connectivity index is 1.48. The van der Waals surface area contributed by atoms with Crippen LogP contribution in [0.3, 0.4) is 0 Å². The molecule has 0 amide bonds. The van der Waals surface area contributed by atoms with Crippen molar-refractivity contribution in [2.45, 2.75) is 72.1 Å². The maximum absolute atomic E-state index is 5.87. The Kier molecular flexibility index (Phi) is 10.8. The van der Waals surface area contributed by atoms with E-state index in [1.54, 1.807) is 0 Å². The number of aromatic nitrogens is 2. The van der Waals surface area contributed by atoms with Crippen molar-refractivity contribution in [1.29, 1.82) is 0 Å². The Morgan fingerprint density at radius 3 is 2.18 bits per heavy atom. The monoisotopic (exact) mass is 456 g/mol. The molecule has 3 rings (SSSR count). The van der Waals surface area contributed by atoms with Crippen LogP contribution in [0.5, 0.6) is 5.75 Å². The molecule has 1 heterocycles. The summed E-state index contributed by atoms with van der Waals surface area (Å²) < 4.78 is 5.87. The van der Waals surface area contributed by atoms with Crippen molar-refractivity contribution in [2.24, 2.45) is 5.92 Å². The first-order valence-corrected chi connectivity index (χ1v) is 13.0. The zero-order chi connectivity index (χ0) is 24.0. The minimum atomic E-state index is 0.736. The quantitative estimate of drug-likeness (QED) is 0.180. The third kappa shape index (κ3) is 8.44. The molecule has 0 spiro atoms. The van der Waals surface area contributed by atoms with Gasteiger partial charge in [-0.2, -0.15) is 0 Å². The van der Waals surface area contributed by atoms with Crippen LogP contribution in [-0.4, -0.2) is 16.6 Å². The standard InChI is InChI=1S/C31H40N2O/c1-4-6-7-8-9-10-22-34-30-20-18-28(19-21-30)31-32-23-29(24-33-31)27-16-14-26(15-17-27)13-11-12-25(3)5-2/h6-7,14-21,23-25H,4-5,8-13,22H2,1-3H3/b7-6-/t25-/m0/s1. The van der Waals surface area contributed by atoms with Crippen LogP contribution in [0, 0.1) is 5.92 Å². The highest BCUT2D eigenvalue weighted by molar-refractivity contribution is 5.64. The summed E-state index contributed by atoms with van der Waals surface area (Å²) in [7, 11) is 0. The van der Waals surface area contributed by atoms with Crippen molar-refractivity contribution >= 4 is 0 Å². The second-order valence-electron chi connectivity index (χ2n) is 9.15. The minimum Gasteiger partial charge on any atom is -0.494 e. The molecule has 0 bridgehead atoms. The Hall–Kier alpha value is -2.94. The van der Waals surface area contributed by atoms with E-state index >= 15 is 0 Å². The fourth-order valence-corrected chi connectivity index (χ4v) is 3.89. The molecular formula is C31H40N2O. The van der Waals surface area contributed by atoms with Crippen LogP contribution in [0.4, 0.5) is 0 Å².